The van der Waals surface area contributed by atoms with Crippen molar-refractivity contribution < 1.29 is 18.3 Å². The van der Waals surface area contributed by atoms with E-state index >= 15 is 0 Å². The molecule has 11 heteroatoms. The van der Waals surface area contributed by atoms with Crippen LogP contribution in [0, 0.1) is 0 Å². The largest absolute Gasteiger partial charge is 0.492 e. The van der Waals surface area contributed by atoms with Gasteiger partial charge in [-0.15, -0.1) is 0 Å². The van der Waals surface area contributed by atoms with Crippen LogP contribution in [-0.4, -0.2) is 50.1 Å². The summed E-state index contributed by atoms with van der Waals surface area (Å²) in [7, 11) is 2.00. The number of fused-ring (bicyclic) bond motifs is 4. The molecule has 0 fully saturated rings. The van der Waals surface area contributed by atoms with Crippen molar-refractivity contribution >= 4 is 40.8 Å². The Morgan fingerprint density at radius 2 is 2.22 bits per heavy atom. The summed E-state index contributed by atoms with van der Waals surface area (Å²) in [5.74, 6) is 0.795. The summed E-state index contributed by atoms with van der Waals surface area (Å²) >= 11 is 0. The number of primary sulfonamides is 1. The number of hydrogen-bond donors (Lipinski definition) is 4. The van der Waals surface area contributed by atoms with Gasteiger partial charge >= 0.3 is 0 Å². The van der Waals surface area contributed by atoms with Crippen molar-refractivity contribution in [2.75, 3.05) is 17.2 Å². The second-order valence-corrected chi connectivity index (χ2v) is 7.84. The average molecular weight is 389 g/mol. The van der Waals surface area contributed by atoms with Gasteiger partial charge in [0.05, 0.1) is 18.8 Å². The first-order valence-electron chi connectivity index (χ1n) is 8.38. The Morgan fingerprint density at radius 1 is 1.44 bits per heavy atom. The Labute approximate surface area is 158 Å². The minimum absolute atomic E-state index is 0.105. The molecular weight excluding hydrogens is 369 g/mol. The maximum Gasteiger partial charge on any atom is 0.241 e. The Bertz CT molecular complexity index is 938. The van der Waals surface area contributed by atoms with E-state index in [2.05, 4.69) is 20.6 Å². The van der Waals surface area contributed by atoms with Crippen LogP contribution in [0.15, 0.2) is 29.3 Å². The fourth-order valence-corrected chi connectivity index (χ4v) is 3.38. The monoisotopic (exact) mass is 389 g/mol. The molecule has 3 rings (SSSR count). The summed E-state index contributed by atoms with van der Waals surface area (Å²) in [4.78, 5) is 8.36. The maximum absolute atomic E-state index is 11.8. The summed E-state index contributed by atoms with van der Waals surface area (Å²) in [6, 6.07) is 4.11. The number of rotatable bonds is 2. The van der Waals surface area contributed by atoms with Crippen LogP contribution in [0.3, 0.4) is 0 Å². The standard InChI is InChI=1S/C16H20BN5O4S/c1-9(23)12-3-2-6-26-13-7-10(4-5-14(13)27(18,24)25)20-16-19-8-11(17)15(21-12)22-16/h4-5,7-9,12,23H,2-3,6H2,1H3,(H2,18,24,25)(H2,19,20,21,22). The number of nitrogens with one attached hydrogen (secondary N) is 2. The highest BCUT2D eigenvalue weighted by atomic mass is 32.2. The summed E-state index contributed by atoms with van der Waals surface area (Å²) in [5, 5.41) is 21.4. The topological polar surface area (TPSA) is 139 Å². The van der Waals surface area contributed by atoms with Gasteiger partial charge in [0.15, 0.2) is 0 Å². The van der Waals surface area contributed by atoms with Gasteiger partial charge in [-0.3, -0.25) is 0 Å². The van der Waals surface area contributed by atoms with Gasteiger partial charge < -0.3 is 20.5 Å². The molecule has 0 spiro atoms. The number of nitrogens with two attached hydrogens (primary N) is 1. The van der Waals surface area contributed by atoms with Gasteiger partial charge in [-0.2, -0.15) is 4.98 Å². The number of ether oxygens (including phenoxy) is 1. The highest BCUT2D eigenvalue weighted by molar-refractivity contribution is 7.89. The second-order valence-electron chi connectivity index (χ2n) is 6.31. The first kappa shape index (κ1) is 19.4. The Hall–Kier alpha value is -2.37. The number of aliphatic hydroxyl groups is 1. The average Bonchev–Trinajstić information content (AvgIpc) is 2.59. The van der Waals surface area contributed by atoms with Crippen molar-refractivity contribution in [2.24, 2.45) is 5.14 Å². The number of aliphatic hydroxyl groups excluding tert-OH is 1. The van der Waals surface area contributed by atoms with E-state index in [-0.39, 0.29) is 29.2 Å². The molecule has 2 aromatic rings. The number of hydrogen-bond acceptors (Lipinski definition) is 8. The molecule has 1 aliphatic heterocycles. The molecule has 0 saturated heterocycles. The van der Waals surface area contributed by atoms with E-state index in [9.17, 15) is 13.5 Å². The molecule has 2 radical (unpaired) electrons. The highest BCUT2D eigenvalue weighted by Crippen LogP contribution is 2.28. The summed E-state index contributed by atoms with van der Waals surface area (Å²) in [6.07, 6.45) is 1.89. The molecule has 1 aliphatic rings. The van der Waals surface area contributed by atoms with E-state index in [1.165, 1.54) is 24.4 Å². The molecule has 0 amide bonds. The lowest BCUT2D eigenvalue weighted by molar-refractivity contribution is 0.162. The van der Waals surface area contributed by atoms with Crippen LogP contribution in [0.2, 0.25) is 0 Å². The first-order chi connectivity index (χ1) is 12.7. The van der Waals surface area contributed by atoms with Crippen molar-refractivity contribution in [3.8, 4) is 5.75 Å². The molecule has 142 valence electrons. The fourth-order valence-electron chi connectivity index (χ4n) is 2.72. The number of nitrogens with zero attached hydrogens (tertiary/aromatic N) is 2. The lowest BCUT2D eigenvalue weighted by Gasteiger charge is -2.23. The smallest absolute Gasteiger partial charge is 0.241 e. The normalized spacial score (nSPS) is 18.6. The zero-order valence-corrected chi connectivity index (χ0v) is 15.5. The van der Waals surface area contributed by atoms with Crippen molar-refractivity contribution in [2.45, 2.75) is 36.8 Å². The van der Waals surface area contributed by atoms with Gasteiger partial charge in [-0.25, -0.2) is 18.5 Å². The molecule has 9 nitrogen and oxygen atoms in total. The van der Waals surface area contributed by atoms with Gasteiger partial charge in [0.25, 0.3) is 0 Å². The Morgan fingerprint density at radius 3 is 2.93 bits per heavy atom. The zero-order chi connectivity index (χ0) is 19.6. The fraction of sp³-hybridized carbons (Fsp3) is 0.375. The third kappa shape index (κ3) is 4.68. The third-order valence-corrected chi connectivity index (χ3v) is 5.10. The van der Waals surface area contributed by atoms with Crippen LogP contribution in [0.25, 0.3) is 0 Å². The van der Waals surface area contributed by atoms with Crippen molar-refractivity contribution in [1.82, 2.24) is 9.97 Å². The lowest BCUT2D eigenvalue weighted by Crippen LogP contribution is -2.34. The van der Waals surface area contributed by atoms with Crippen LogP contribution in [-0.2, 0) is 10.0 Å². The van der Waals surface area contributed by atoms with E-state index in [1.54, 1.807) is 6.92 Å². The predicted octanol–water partition coefficient (Wildman–Crippen LogP) is -0.00470. The maximum atomic E-state index is 11.8. The minimum atomic E-state index is -3.94. The second kappa shape index (κ2) is 7.71. The highest BCUT2D eigenvalue weighted by Gasteiger charge is 2.20. The van der Waals surface area contributed by atoms with Crippen LogP contribution in [0.5, 0.6) is 5.75 Å². The van der Waals surface area contributed by atoms with Crippen LogP contribution >= 0.6 is 0 Å². The van der Waals surface area contributed by atoms with E-state index < -0.39 is 16.1 Å². The molecule has 1 aromatic carbocycles. The molecule has 1 aromatic heterocycles. The van der Waals surface area contributed by atoms with Crippen LogP contribution < -0.4 is 26.0 Å². The number of sulfonamides is 1. The number of benzene rings is 1. The van der Waals surface area contributed by atoms with Gasteiger partial charge in [0.2, 0.25) is 16.0 Å². The van der Waals surface area contributed by atoms with Crippen molar-refractivity contribution in [3.63, 3.8) is 0 Å². The van der Waals surface area contributed by atoms with Gasteiger partial charge in [0.1, 0.15) is 24.3 Å². The summed E-state index contributed by atoms with van der Waals surface area (Å²) < 4.78 is 29.2. The predicted molar refractivity (Wildman–Crippen MR) is 102 cm³/mol. The quantitative estimate of drug-likeness (QED) is 0.526. The van der Waals surface area contributed by atoms with Gasteiger partial charge in [-0.1, -0.05) is 0 Å². The SMILES string of the molecule is [B]c1cnc2nc1NC(C(C)O)CCCOc1cc(ccc1S(N)(=O)=O)N2. The van der Waals surface area contributed by atoms with E-state index in [4.69, 9.17) is 17.7 Å². The van der Waals surface area contributed by atoms with E-state index in [0.717, 1.165) is 0 Å². The summed E-state index contributed by atoms with van der Waals surface area (Å²) in [6.45, 7) is 1.91. The zero-order valence-electron chi connectivity index (χ0n) is 14.7. The summed E-state index contributed by atoms with van der Waals surface area (Å²) in [5.41, 5.74) is 0.877. The molecule has 0 aliphatic carbocycles. The number of aromatic nitrogens is 2. The third-order valence-electron chi connectivity index (χ3n) is 4.14. The number of anilines is 3. The van der Waals surface area contributed by atoms with E-state index in [0.29, 0.717) is 29.8 Å². The van der Waals surface area contributed by atoms with Crippen LogP contribution in [0.1, 0.15) is 19.8 Å². The molecule has 2 heterocycles. The lowest BCUT2D eigenvalue weighted by atomic mass is 9.98. The van der Waals surface area contributed by atoms with Crippen LogP contribution in [0.4, 0.5) is 17.5 Å². The molecule has 27 heavy (non-hydrogen) atoms. The van der Waals surface area contributed by atoms with E-state index in [1.807, 2.05) is 0 Å². The molecule has 0 saturated carbocycles. The molecule has 2 unspecified atom stereocenters. The Kier molecular flexibility index (Phi) is 5.54. The van der Waals surface area contributed by atoms with Gasteiger partial charge in [-0.05, 0) is 37.4 Å². The molecule has 4 bridgehead atoms. The van der Waals surface area contributed by atoms with Crippen molar-refractivity contribution in [3.05, 3.63) is 24.4 Å². The van der Waals surface area contributed by atoms with Crippen molar-refractivity contribution in [1.29, 1.82) is 0 Å². The van der Waals surface area contributed by atoms with Gasteiger partial charge in [0, 0.05) is 18.0 Å². The first-order valence-corrected chi connectivity index (χ1v) is 9.92. The molecule has 2 atom stereocenters. The Balaban J connectivity index is 2.03. The minimum Gasteiger partial charge on any atom is -0.492 e. The molecule has 5 N–H and O–H groups in total. The molecular formula is C16H20BN5O4S.